The van der Waals surface area contributed by atoms with Gasteiger partial charge in [-0.2, -0.15) is 0 Å². The van der Waals surface area contributed by atoms with Crippen molar-refractivity contribution >= 4 is 28.3 Å². The van der Waals surface area contributed by atoms with Crippen molar-refractivity contribution in [3.8, 4) is 5.75 Å². The molecule has 0 aliphatic carbocycles. The second-order valence-corrected chi connectivity index (χ2v) is 6.65. The minimum absolute atomic E-state index is 0.0616. The first-order valence-electron chi connectivity index (χ1n) is 8.07. The van der Waals surface area contributed by atoms with Gasteiger partial charge >= 0.3 is 6.09 Å². The molecule has 1 aromatic heterocycles. The van der Waals surface area contributed by atoms with E-state index in [-0.39, 0.29) is 18.1 Å². The lowest BCUT2D eigenvalue weighted by Crippen LogP contribution is -2.34. The van der Waals surface area contributed by atoms with E-state index in [1.807, 2.05) is 41.8 Å². The summed E-state index contributed by atoms with van der Waals surface area (Å²) in [5.41, 5.74) is 1.05. The van der Waals surface area contributed by atoms with Gasteiger partial charge in [-0.25, -0.2) is 4.79 Å². The Morgan fingerprint density at radius 2 is 2.28 bits per heavy atom. The quantitative estimate of drug-likeness (QED) is 0.824. The number of carbonyl (C=O) groups excluding carboxylic acids is 2. The number of carbonyl (C=O) groups is 2. The van der Waals surface area contributed by atoms with Gasteiger partial charge in [0.05, 0.1) is 20.2 Å². The monoisotopic (exact) mass is 360 g/mol. The summed E-state index contributed by atoms with van der Waals surface area (Å²) in [5, 5.41) is 5.61. The van der Waals surface area contributed by atoms with Crippen molar-refractivity contribution in [1.29, 1.82) is 0 Å². The van der Waals surface area contributed by atoms with Crippen LogP contribution in [0.5, 0.6) is 5.75 Å². The van der Waals surface area contributed by atoms with Crippen LogP contribution < -0.4 is 15.0 Å². The summed E-state index contributed by atoms with van der Waals surface area (Å²) in [6.07, 6.45) is 0.325. The predicted molar refractivity (Wildman–Crippen MR) is 96.3 cm³/mol. The molecule has 6 nitrogen and oxygen atoms in total. The molecule has 1 unspecified atom stereocenters. The van der Waals surface area contributed by atoms with E-state index in [4.69, 9.17) is 9.47 Å². The van der Waals surface area contributed by atoms with E-state index in [1.165, 1.54) is 11.3 Å². The van der Waals surface area contributed by atoms with Gasteiger partial charge in [-0.1, -0.05) is 12.1 Å². The third kappa shape index (κ3) is 4.51. The zero-order valence-corrected chi connectivity index (χ0v) is 14.8. The van der Waals surface area contributed by atoms with Crippen LogP contribution in [0.2, 0.25) is 0 Å². The fourth-order valence-corrected chi connectivity index (χ4v) is 3.36. The normalized spacial score (nSPS) is 16.6. The maximum Gasteiger partial charge on any atom is 0.415 e. The lowest BCUT2D eigenvalue weighted by Gasteiger charge is -2.11. The summed E-state index contributed by atoms with van der Waals surface area (Å²) in [6.45, 7) is 0.778. The van der Waals surface area contributed by atoms with Gasteiger partial charge in [-0.15, -0.1) is 11.3 Å². The molecule has 1 N–H and O–H groups in total. The van der Waals surface area contributed by atoms with E-state index in [0.717, 1.165) is 16.3 Å². The Hall–Kier alpha value is -2.54. The maximum absolute atomic E-state index is 12.0. The van der Waals surface area contributed by atoms with Crippen molar-refractivity contribution in [2.24, 2.45) is 0 Å². The Morgan fingerprint density at radius 1 is 1.40 bits per heavy atom. The number of hydrogen-bond donors (Lipinski definition) is 1. The highest BCUT2D eigenvalue weighted by molar-refractivity contribution is 7.14. The average molecular weight is 360 g/mol. The van der Waals surface area contributed by atoms with E-state index < -0.39 is 0 Å². The largest absolute Gasteiger partial charge is 0.497 e. The first-order chi connectivity index (χ1) is 12.2. The molecule has 0 bridgehead atoms. The van der Waals surface area contributed by atoms with E-state index in [2.05, 4.69) is 5.32 Å². The van der Waals surface area contributed by atoms with Gasteiger partial charge in [0.1, 0.15) is 16.9 Å². The molecule has 2 aromatic rings. The van der Waals surface area contributed by atoms with Gasteiger partial charge in [0.25, 0.3) is 0 Å². The Balaban J connectivity index is 1.42. The van der Waals surface area contributed by atoms with Crippen LogP contribution >= 0.6 is 11.3 Å². The van der Waals surface area contributed by atoms with Crippen LogP contribution in [0, 0.1) is 0 Å². The minimum Gasteiger partial charge on any atom is -0.497 e. The summed E-state index contributed by atoms with van der Waals surface area (Å²) in [7, 11) is 1.62. The number of hydrogen-bond acceptors (Lipinski definition) is 5. The molecule has 1 atom stereocenters. The minimum atomic E-state index is -0.363. The average Bonchev–Trinajstić information content (AvgIpc) is 3.27. The molecule has 0 spiro atoms. The van der Waals surface area contributed by atoms with Gasteiger partial charge in [-0.05, 0) is 41.6 Å². The lowest BCUT2D eigenvalue weighted by atomic mass is 10.1. The van der Waals surface area contributed by atoms with Crippen LogP contribution in [0.1, 0.15) is 12.0 Å². The summed E-state index contributed by atoms with van der Waals surface area (Å²) < 4.78 is 10.5. The standard InChI is InChI=1S/C18H20N2O4S/c1-23-14-5-2-4-13(10-14)7-8-16(21)19-11-15-12-20(18(22)24-15)17-6-3-9-25-17/h2-6,9-10,15H,7-8,11-12H2,1H3,(H,19,21). The van der Waals surface area contributed by atoms with Crippen LogP contribution in [0.25, 0.3) is 0 Å². The zero-order valence-electron chi connectivity index (χ0n) is 13.9. The van der Waals surface area contributed by atoms with Crippen molar-refractivity contribution in [2.45, 2.75) is 18.9 Å². The Labute approximate surface area is 150 Å². The third-order valence-electron chi connectivity index (χ3n) is 3.95. The first-order valence-corrected chi connectivity index (χ1v) is 8.95. The summed E-state index contributed by atoms with van der Waals surface area (Å²) >= 11 is 1.49. The lowest BCUT2D eigenvalue weighted by molar-refractivity contribution is -0.121. The number of cyclic esters (lactones) is 1. The zero-order chi connectivity index (χ0) is 17.6. The smallest absolute Gasteiger partial charge is 0.415 e. The molecule has 2 heterocycles. The summed E-state index contributed by atoms with van der Waals surface area (Å²) in [5.74, 6) is 0.720. The van der Waals surface area contributed by atoms with Gasteiger partial charge < -0.3 is 14.8 Å². The number of amides is 2. The van der Waals surface area contributed by atoms with Crippen LogP contribution in [-0.2, 0) is 16.0 Å². The maximum atomic E-state index is 12.0. The molecule has 1 fully saturated rings. The molecule has 1 aliphatic rings. The van der Waals surface area contributed by atoms with Crippen molar-refractivity contribution in [3.05, 3.63) is 47.3 Å². The Kier molecular flexibility index (Phi) is 5.55. The van der Waals surface area contributed by atoms with E-state index in [0.29, 0.717) is 25.9 Å². The van der Waals surface area contributed by atoms with E-state index in [9.17, 15) is 9.59 Å². The summed E-state index contributed by atoms with van der Waals surface area (Å²) in [4.78, 5) is 25.5. The number of methoxy groups -OCH3 is 1. The number of anilines is 1. The van der Waals surface area contributed by atoms with Gasteiger partial charge in [0, 0.05) is 6.42 Å². The number of ether oxygens (including phenoxy) is 2. The van der Waals surface area contributed by atoms with E-state index in [1.54, 1.807) is 12.0 Å². The SMILES string of the molecule is COc1cccc(CCC(=O)NCC2CN(c3cccs3)C(=O)O2)c1. The molecular weight excluding hydrogens is 340 g/mol. The van der Waals surface area contributed by atoms with Gasteiger partial charge in [0.15, 0.2) is 0 Å². The van der Waals surface area contributed by atoms with Crippen LogP contribution in [0.4, 0.5) is 9.80 Å². The highest BCUT2D eigenvalue weighted by Crippen LogP contribution is 2.26. The molecule has 7 heteroatoms. The van der Waals surface area contributed by atoms with Gasteiger partial charge in [-0.3, -0.25) is 9.69 Å². The number of thiophene rings is 1. The fourth-order valence-electron chi connectivity index (χ4n) is 2.63. The second-order valence-electron chi connectivity index (χ2n) is 5.72. The molecule has 1 aromatic carbocycles. The molecule has 1 aliphatic heterocycles. The second kappa shape index (κ2) is 8.02. The van der Waals surface area contributed by atoms with Crippen LogP contribution in [-0.4, -0.2) is 38.3 Å². The highest BCUT2D eigenvalue weighted by Gasteiger charge is 2.32. The first kappa shape index (κ1) is 17.3. The molecule has 25 heavy (non-hydrogen) atoms. The van der Waals surface area contributed by atoms with Crippen molar-refractivity contribution in [3.63, 3.8) is 0 Å². The number of nitrogens with zero attached hydrogens (tertiary/aromatic N) is 1. The number of nitrogens with one attached hydrogen (secondary N) is 1. The molecule has 2 amide bonds. The molecular formula is C18H20N2O4S. The topological polar surface area (TPSA) is 67.9 Å². The van der Waals surface area contributed by atoms with Crippen LogP contribution in [0.15, 0.2) is 41.8 Å². The molecule has 0 saturated carbocycles. The van der Waals surface area contributed by atoms with Crippen molar-refractivity contribution < 1.29 is 19.1 Å². The Bertz CT molecular complexity index is 732. The third-order valence-corrected chi connectivity index (χ3v) is 4.84. The number of rotatable bonds is 7. The van der Waals surface area contributed by atoms with Gasteiger partial charge in [0.2, 0.25) is 5.91 Å². The van der Waals surface area contributed by atoms with Crippen molar-refractivity contribution in [2.75, 3.05) is 25.1 Å². The van der Waals surface area contributed by atoms with Crippen molar-refractivity contribution in [1.82, 2.24) is 5.32 Å². The molecule has 132 valence electrons. The molecule has 1 saturated heterocycles. The Morgan fingerprint density at radius 3 is 3.04 bits per heavy atom. The van der Waals surface area contributed by atoms with E-state index >= 15 is 0 Å². The molecule has 0 radical (unpaired) electrons. The predicted octanol–water partition coefficient (Wildman–Crippen LogP) is 2.83. The number of aryl methyl sites for hydroxylation is 1. The fraction of sp³-hybridized carbons (Fsp3) is 0.333. The highest BCUT2D eigenvalue weighted by atomic mass is 32.1. The number of benzene rings is 1. The molecule has 3 rings (SSSR count). The van der Waals surface area contributed by atoms with Crippen LogP contribution in [0.3, 0.4) is 0 Å². The summed E-state index contributed by atoms with van der Waals surface area (Å²) in [6, 6.07) is 11.4.